The van der Waals surface area contributed by atoms with E-state index in [0.29, 0.717) is 24.0 Å². The van der Waals surface area contributed by atoms with Gasteiger partial charge in [0.15, 0.2) is 5.11 Å². The summed E-state index contributed by atoms with van der Waals surface area (Å²) < 4.78 is 5.00. The smallest absolute Gasteiger partial charge is 0.276 e. The molecule has 0 aromatic carbocycles. The molecule has 1 aliphatic rings. The van der Waals surface area contributed by atoms with Crippen molar-refractivity contribution in [2.24, 2.45) is 0 Å². The number of thiophene rings is 1. The fourth-order valence-corrected chi connectivity index (χ4v) is 3.28. The number of ether oxygens (including phenoxy) is 1. The highest BCUT2D eigenvalue weighted by molar-refractivity contribution is 7.80. The van der Waals surface area contributed by atoms with Gasteiger partial charge in [-0.3, -0.25) is 9.69 Å². The lowest BCUT2D eigenvalue weighted by molar-refractivity contribution is -0.122. The molecule has 1 fully saturated rings. The second kappa shape index (κ2) is 6.47. The summed E-state index contributed by atoms with van der Waals surface area (Å²) in [6.07, 6.45) is 2.65. The van der Waals surface area contributed by atoms with E-state index in [0.717, 1.165) is 12.0 Å². The molecule has 0 unspecified atom stereocenters. The van der Waals surface area contributed by atoms with Crippen molar-refractivity contribution in [1.29, 1.82) is 0 Å². The normalized spacial score (nSPS) is 17.1. The minimum absolute atomic E-state index is 0.0608. The number of rotatable bonds is 5. The maximum absolute atomic E-state index is 12.3. The van der Waals surface area contributed by atoms with Gasteiger partial charge in [-0.25, -0.2) is 0 Å². The Morgan fingerprint density at radius 2 is 2.25 bits per heavy atom. The predicted octanol–water partition coefficient (Wildman–Crippen LogP) is 2.46. The first-order valence-electron chi connectivity index (χ1n) is 6.43. The van der Waals surface area contributed by atoms with Crippen LogP contribution in [0.4, 0.5) is 0 Å². The lowest BCUT2D eigenvalue weighted by Gasteiger charge is -2.12. The number of hydrogen-bond acceptors (Lipinski definition) is 4. The van der Waals surface area contributed by atoms with Crippen LogP contribution in [0.15, 0.2) is 11.8 Å². The Hall–Kier alpha value is -1.24. The third-order valence-corrected chi connectivity index (χ3v) is 4.38. The molecule has 0 radical (unpaired) electrons. The molecular formula is C14H18N2O2S2. The van der Waals surface area contributed by atoms with Crippen LogP contribution in [-0.4, -0.2) is 36.2 Å². The number of methoxy groups -OCH3 is 1. The number of carbonyl (C=O) groups is 1. The van der Waals surface area contributed by atoms with E-state index in [1.807, 2.05) is 6.08 Å². The van der Waals surface area contributed by atoms with Crippen molar-refractivity contribution in [3.05, 3.63) is 27.1 Å². The van der Waals surface area contributed by atoms with E-state index in [4.69, 9.17) is 17.0 Å². The molecule has 2 heterocycles. The molecular weight excluding hydrogens is 292 g/mol. The van der Waals surface area contributed by atoms with Crippen molar-refractivity contribution >= 4 is 40.7 Å². The van der Waals surface area contributed by atoms with E-state index in [-0.39, 0.29) is 5.91 Å². The van der Waals surface area contributed by atoms with Crippen LogP contribution >= 0.6 is 23.6 Å². The number of aryl methyl sites for hydroxylation is 2. The third kappa shape index (κ3) is 3.26. The zero-order chi connectivity index (χ0) is 14.7. The van der Waals surface area contributed by atoms with E-state index in [2.05, 4.69) is 25.2 Å². The molecule has 0 atom stereocenters. The van der Waals surface area contributed by atoms with Gasteiger partial charge in [-0.05, 0) is 50.2 Å². The van der Waals surface area contributed by atoms with Gasteiger partial charge in [0.05, 0.1) is 0 Å². The summed E-state index contributed by atoms with van der Waals surface area (Å²) in [5.41, 5.74) is 1.62. The zero-order valence-electron chi connectivity index (χ0n) is 11.9. The van der Waals surface area contributed by atoms with E-state index in [9.17, 15) is 4.79 Å². The lowest BCUT2D eigenvalue weighted by atomic mass is 10.2. The average molecular weight is 310 g/mol. The molecule has 4 nitrogen and oxygen atoms in total. The Kier molecular flexibility index (Phi) is 4.91. The number of nitrogens with zero attached hydrogens (tertiary/aromatic N) is 1. The highest BCUT2D eigenvalue weighted by Gasteiger charge is 2.30. The van der Waals surface area contributed by atoms with Crippen molar-refractivity contribution in [3.8, 4) is 0 Å². The first kappa shape index (κ1) is 15.2. The molecule has 0 saturated carbocycles. The average Bonchev–Trinajstić information content (AvgIpc) is 2.83. The van der Waals surface area contributed by atoms with Crippen LogP contribution in [0.3, 0.4) is 0 Å². The van der Waals surface area contributed by atoms with Crippen molar-refractivity contribution in [3.63, 3.8) is 0 Å². The first-order valence-corrected chi connectivity index (χ1v) is 7.66. The Labute approximate surface area is 128 Å². The summed E-state index contributed by atoms with van der Waals surface area (Å²) in [5, 5.41) is 3.47. The van der Waals surface area contributed by atoms with Crippen molar-refractivity contribution < 1.29 is 9.53 Å². The quantitative estimate of drug-likeness (QED) is 0.515. The van der Waals surface area contributed by atoms with E-state index in [1.165, 1.54) is 9.75 Å². The second-order valence-electron chi connectivity index (χ2n) is 4.66. The number of carbonyl (C=O) groups excluding carboxylic acids is 1. The summed E-state index contributed by atoms with van der Waals surface area (Å²) in [7, 11) is 1.65. The van der Waals surface area contributed by atoms with Crippen LogP contribution < -0.4 is 5.32 Å². The van der Waals surface area contributed by atoms with Gasteiger partial charge in [0.1, 0.15) is 5.70 Å². The number of nitrogens with one attached hydrogen (secondary N) is 1. The molecule has 1 amide bonds. The maximum Gasteiger partial charge on any atom is 0.276 e. The predicted molar refractivity (Wildman–Crippen MR) is 85.7 cm³/mol. The molecule has 1 aromatic heterocycles. The highest BCUT2D eigenvalue weighted by atomic mass is 32.1. The molecule has 20 heavy (non-hydrogen) atoms. The summed E-state index contributed by atoms with van der Waals surface area (Å²) in [6.45, 7) is 5.31. The molecule has 108 valence electrons. The lowest BCUT2D eigenvalue weighted by Crippen LogP contribution is -2.32. The third-order valence-electron chi connectivity index (χ3n) is 3.07. The molecule has 0 spiro atoms. The van der Waals surface area contributed by atoms with Crippen LogP contribution in [0.25, 0.3) is 6.08 Å². The van der Waals surface area contributed by atoms with Gasteiger partial charge in [0.25, 0.3) is 5.91 Å². The molecule has 1 aromatic rings. The molecule has 6 heteroatoms. The van der Waals surface area contributed by atoms with Crippen molar-refractivity contribution in [2.75, 3.05) is 20.3 Å². The van der Waals surface area contributed by atoms with Crippen molar-refractivity contribution in [1.82, 2.24) is 10.2 Å². The summed E-state index contributed by atoms with van der Waals surface area (Å²) in [4.78, 5) is 16.3. The minimum Gasteiger partial charge on any atom is -0.385 e. The van der Waals surface area contributed by atoms with E-state index in [1.54, 1.807) is 23.3 Å². The van der Waals surface area contributed by atoms with Gasteiger partial charge in [0.2, 0.25) is 0 Å². The van der Waals surface area contributed by atoms with Crippen molar-refractivity contribution in [2.45, 2.75) is 20.3 Å². The van der Waals surface area contributed by atoms with Gasteiger partial charge in [0, 0.05) is 30.0 Å². The minimum atomic E-state index is -0.0608. The fraction of sp³-hybridized carbons (Fsp3) is 0.429. The van der Waals surface area contributed by atoms with Crippen LogP contribution in [-0.2, 0) is 9.53 Å². The fourth-order valence-electron chi connectivity index (χ4n) is 2.09. The summed E-state index contributed by atoms with van der Waals surface area (Å²) >= 11 is 6.94. The Bertz CT molecular complexity index is 564. The SMILES string of the molecule is COCCCN1C(=O)/C(=C\c2cc(C)sc2C)NC1=S. The van der Waals surface area contributed by atoms with Gasteiger partial charge in [-0.2, -0.15) is 0 Å². The molecule has 1 saturated heterocycles. The number of thiocarbonyl (C=S) groups is 1. The molecule has 0 aliphatic carbocycles. The Morgan fingerprint density at radius 3 is 2.85 bits per heavy atom. The maximum atomic E-state index is 12.3. The monoisotopic (exact) mass is 310 g/mol. The van der Waals surface area contributed by atoms with Crippen LogP contribution in [0.1, 0.15) is 21.7 Å². The van der Waals surface area contributed by atoms with Gasteiger partial charge >= 0.3 is 0 Å². The standard InChI is InChI=1S/C14H18N2O2S2/c1-9-7-11(10(2)20-9)8-12-13(17)16(14(19)15-12)5-4-6-18-3/h7-8H,4-6H2,1-3H3,(H,15,19)/b12-8+. The zero-order valence-corrected chi connectivity index (χ0v) is 13.5. The number of hydrogen-bond donors (Lipinski definition) is 1. The largest absolute Gasteiger partial charge is 0.385 e. The van der Waals surface area contributed by atoms with Crippen LogP contribution in [0, 0.1) is 13.8 Å². The Balaban J connectivity index is 2.13. The topological polar surface area (TPSA) is 41.6 Å². The first-order chi connectivity index (χ1) is 9.52. The van der Waals surface area contributed by atoms with Crippen LogP contribution in [0.5, 0.6) is 0 Å². The molecule has 1 N–H and O–H groups in total. The van der Waals surface area contributed by atoms with Gasteiger partial charge in [-0.1, -0.05) is 0 Å². The van der Waals surface area contributed by atoms with Gasteiger partial charge < -0.3 is 10.1 Å². The molecule has 0 bridgehead atoms. The van der Waals surface area contributed by atoms with Gasteiger partial charge in [-0.15, -0.1) is 11.3 Å². The van der Waals surface area contributed by atoms with E-state index < -0.39 is 0 Å². The molecule has 1 aliphatic heterocycles. The summed E-state index contributed by atoms with van der Waals surface area (Å²) in [5.74, 6) is -0.0608. The second-order valence-corrected chi connectivity index (χ2v) is 6.51. The highest BCUT2D eigenvalue weighted by Crippen LogP contribution is 2.24. The summed E-state index contributed by atoms with van der Waals surface area (Å²) in [6, 6.07) is 2.08. The van der Waals surface area contributed by atoms with E-state index >= 15 is 0 Å². The van der Waals surface area contributed by atoms with Crippen LogP contribution in [0.2, 0.25) is 0 Å². The molecule has 2 rings (SSSR count). The number of amides is 1. The Morgan fingerprint density at radius 1 is 1.50 bits per heavy atom.